The van der Waals surface area contributed by atoms with Crippen molar-refractivity contribution in [2.45, 2.75) is 49.8 Å². The van der Waals surface area contributed by atoms with Crippen molar-refractivity contribution in [3.8, 4) is 5.75 Å². The van der Waals surface area contributed by atoms with Crippen LogP contribution in [0.3, 0.4) is 0 Å². The van der Waals surface area contributed by atoms with Crippen LogP contribution in [0, 0.1) is 6.85 Å². The number of aryl methyl sites for hydroxylation is 2. The molecule has 0 aliphatic heterocycles. The molecule has 214 valence electrons. The lowest BCUT2D eigenvalue weighted by Gasteiger charge is -2.13. The number of sulfonamides is 1. The molecule has 3 aromatic carbocycles. The third-order valence-electron chi connectivity index (χ3n) is 6.15. The molecule has 0 radical (unpaired) electrons. The lowest BCUT2D eigenvalue weighted by atomic mass is 10.0. The van der Waals surface area contributed by atoms with Gasteiger partial charge in [0, 0.05) is 54.1 Å². The number of nitrogens with zero attached hydrogens (tertiary/aromatic N) is 1. The SMILES string of the molecule is [2H]C([2H])([2H])Oc1cc(C(=O)NS(=O)(=O)c2ccccc2C([2H])([2H])[2H])ccc1C([2H])([2H])c1cn(C)c2ccc(NC(=O)OC3([2H])C([2H])([2H])CCC3([2H])[2H])cc12. The number of benzene rings is 3. The van der Waals surface area contributed by atoms with Crippen molar-refractivity contribution in [3.05, 3.63) is 89.1 Å². The number of hydrogen-bond donors (Lipinski definition) is 2. The molecule has 10 heteroatoms. The first-order chi connectivity index (χ1) is 24.6. The summed E-state index contributed by atoms with van der Waals surface area (Å²) in [7, 11) is -6.38. The largest absolute Gasteiger partial charge is 0.496 e. The maximum Gasteiger partial charge on any atom is 0.411 e. The summed E-state index contributed by atoms with van der Waals surface area (Å²) in [5.74, 6) is -1.97. The molecule has 5 rings (SSSR count). The van der Waals surface area contributed by atoms with Crippen molar-refractivity contribution in [2.24, 2.45) is 7.05 Å². The highest BCUT2D eigenvalue weighted by Gasteiger charge is 2.22. The van der Waals surface area contributed by atoms with E-state index < -0.39 is 88.4 Å². The number of ether oxygens (including phenoxy) is 2. The zero-order valence-electron chi connectivity index (χ0n) is 34.6. The average molecular weight is 589 g/mol. The van der Waals surface area contributed by atoms with Crippen molar-refractivity contribution in [2.75, 3.05) is 12.4 Å². The van der Waals surface area contributed by atoms with Crippen LogP contribution >= 0.6 is 0 Å². The van der Waals surface area contributed by atoms with E-state index in [2.05, 4.69) is 5.32 Å². The van der Waals surface area contributed by atoms with Gasteiger partial charge in [-0.05, 0) is 85.5 Å². The molecule has 41 heavy (non-hydrogen) atoms. The number of aromatic nitrogens is 1. The van der Waals surface area contributed by atoms with Gasteiger partial charge < -0.3 is 14.0 Å². The topological polar surface area (TPSA) is 116 Å². The van der Waals surface area contributed by atoms with Crippen LogP contribution in [0.5, 0.6) is 5.75 Å². The smallest absolute Gasteiger partial charge is 0.411 e. The molecule has 2 amide bonds. The standard InChI is InChI=1S/C31H33N3O6S/c1-20-8-4-7-11-29(20)41(37,38)33-30(35)22-13-12-21(28(17-22)39-3)16-23-19-34(2)27-15-14-24(18-26(23)27)32-31(36)40-25-9-5-6-10-25/h4,7-8,11-15,17-19,25H,5-6,9-10,16H2,1-3H3,(H,32,36)(H,33,35)/i1D3,3D3,9D2,10D2,16D2,25D. The van der Waals surface area contributed by atoms with Crippen molar-refractivity contribution in [1.29, 1.82) is 0 Å². The van der Waals surface area contributed by atoms with Crippen LogP contribution in [0.15, 0.2) is 71.8 Å². The molecule has 1 aliphatic rings. The highest BCUT2D eigenvalue weighted by Crippen LogP contribution is 2.30. The van der Waals surface area contributed by atoms with Gasteiger partial charge in [0.2, 0.25) is 0 Å². The monoisotopic (exact) mass is 588 g/mol. The second-order valence-corrected chi connectivity index (χ2v) is 10.6. The van der Waals surface area contributed by atoms with Crippen molar-refractivity contribution >= 4 is 38.6 Å². The van der Waals surface area contributed by atoms with Gasteiger partial charge in [0.15, 0.2) is 0 Å². The fourth-order valence-electron chi connectivity index (χ4n) is 4.23. The summed E-state index contributed by atoms with van der Waals surface area (Å²) >= 11 is 0. The van der Waals surface area contributed by atoms with Crippen molar-refractivity contribution < 1.29 is 45.3 Å². The minimum absolute atomic E-state index is 0.00859. The zero-order valence-corrected chi connectivity index (χ0v) is 22.4. The number of fused-ring (bicyclic) bond motifs is 1. The fraction of sp³-hybridized carbons (Fsp3) is 0.290. The summed E-state index contributed by atoms with van der Waals surface area (Å²) < 4.78 is 145. The van der Waals surface area contributed by atoms with Gasteiger partial charge in [0.05, 0.1) is 17.4 Å². The number of hydrogen-bond acceptors (Lipinski definition) is 6. The van der Waals surface area contributed by atoms with E-state index in [9.17, 15) is 18.0 Å². The van der Waals surface area contributed by atoms with E-state index in [-0.39, 0.29) is 29.5 Å². The first-order valence-corrected chi connectivity index (χ1v) is 13.7. The minimum atomic E-state index is -4.78. The van der Waals surface area contributed by atoms with Crippen LogP contribution in [-0.2, 0) is 28.2 Å². The molecule has 0 spiro atoms. The highest BCUT2D eigenvalue weighted by molar-refractivity contribution is 7.90. The molecule has 0 bridgehead atoms. The lowest BCUT2D eigenvalue weighted by molar-refractivity contribution is 0.0980. The molecular weight excluding hydrogens is 542 g/mol. The summed E-state index contributed by atoms with van der Waals surface area (Å²) in [4.78, 5) is 25.4. The van der Waals surface area contributed by atoms with Crippen LogP contribution in [0.25, 0.3) is 10.9 Å². The van der Waals surface area contributed by atoms with Crippen molar-refractivity contribution in [1.82, 2.24) is 9.29 Å². The number of rotatable bonds is 8. The van der Waals surface area contributed by atoms with E-state index in [1.54, 1.807) is 11.8 Å². The quantitative estimate of drug-likeness (QED) is 0.273. The number of carbonyl (C=O) groups excluding carboxylic acids is 2. The number of anilines is 1. The Morgan fingerprint density at radius 1 is 1.12 bits per heavy atom. The molecule has 1 aliphatic carbocycles. The van der Waals surface area contributed by atoms with E-state index in [0.29, 0.717) is 5.52 Å². The molecule has 4 aromatic rings. The lowest BCUT2D eigenvalue weighted by Crippen LogP contribution is -2.31. The molecular formula is C31H33N3O6S. The van der Waals surface area contributed by atoms with Gasteiger partial charge in [-0.25, -0.2) is 17.9 Å². The van der Waals surface area contributed by atoms with Gasteiger partial charge in [-0.3, -0.25) is 10.1 Å². The molecule has 1 heterocycles. The van der Waals surface area contributed by atoms with Crippen LogP contribution in [0.2, 0.25) is 0 Å². The maximum absolute atomic E-state index is 13.2. The van der Waals surface area contributed by atoms with Crippen LogP contribution in [0.4, 0.5) is 10.5 Å². The Hall–Kier alpha value is -4.31. The second kappa shape index (κ2) is 11.7. The summed E-state index contributed by atoms with van der Waals surface area (Å²) in [6.45, 7) is -2.85. The van der Waals surface area contributed by atoms with Gasteiger partial charge in [-0.2, -0.15) is 0 Å². The van der Waals surface area contributed by atoms with E-state index >= 15 is 0 Å². The first kappa shape index (κ1) is 16.2. The summed E-state index contributed by atoms with van der Waals surface area (Å²) in [6, 6.07) is 11.7. The normalized spacial score (nSPS) is 22.6. The fourth-order valence-corrected chi connectivity index (χ4v) is 5.31. The van der Waals surface area contributed by atoms with Gasteiger partial charge in [0.1, 0.15) is 11.8 Å². The number of methoxy groups -OCH3 is 1. The molecule has 0 atom stereocenters. The average Bonchev–Trinajstić information content (AvgIpc) is 3.45. The molecule has 1 fully saturated rings. The Morgan fingerprint density at radius 2 is 1.93 bits per heavy atom. The van der Waals surface area contributed by atoms with E-state index in [0.717, 1.165) is 30.3 Å². The Morgan fingerprint density at radius 3 is 2.71 bits per heavy atom. The van der Waals surface area contributed by atoms with Crippen LogP contribution in [0.1, 0.15) is 70.5 Å². The first-order valence-electron chi connectivity index (χ1n) is 18.7. The Labute approximate surface area is 257 Å². The molecule has 2 N–H and O–H groups in total. The summed E-state index contributed by atoms with van der Waals surface area (Å²) in [5, 5.41) is 2.50. The Balaban J connectivity index is 1.50. The third-order valence-corrected chi connectivity index (χ3v) is 7.54. The van der Waals surface area contributed by atoms with Gasteiger partial charge in [0.25, 0.3) is 15.9 Å². The van der Waals surface area contributed by atoms with E-state index in [1.165, 1.54) is 41.1 Å². The molecule has 9 nitrogen and oxygen atoms in total. The predicted octanol–water partition coefficient (Wildman–Crippen LogP) is 5.70. The number of carbonyl (C=O) groups is 2. The molecule has 1 aromatic heterocycles. The molecule has 0 unspecified atom stereocenters. The molecule has 0 saturated heterocycles. The summed E-state index contributed by atoms with van der Waals surface area (Å²) in [5.41, 5.74) is -1.11. The summed E-state index contributed by atoms with van der Waals surface area (Å²) in [6.07, 6.45) is -11.1. The second-order valence-electron chi connectivity index (χ2n) is 8.95. The third kappa shape index (κ3) is 6.22. The maximum atomic E-state index is 13.2. The van der Waals surface area contributed by atoms with Crippen LogP contribution in [-0.4, -0.2) is 38.1 Å². The van der Waals surface area contributed by atoms with Gasteiger partial charge in [-0.1, -0.05) is 24.3 Å². The minimum Gasteiger partial charge on any atom is -0.496 e. The van der Waals surface area contributed by atoms with E-state index in [4.69, 9.17) is 27.3 Å². The Bertz CT molecular complexity index is 2240. The number of amides is 2. The van der Waals surface area contributed by atoms with Crippen molar-refractivity contribution in [3.63, 3.8) is 0 Å². The number of nitrogens with one attached hydrogen (secondary N) is 2. The Kier molecular flexibility index (Phi) is 4.61. The van der Waals surface area contributed by atoms with Crippen LogP contribution < -0.4 is 14.8 Å². The molecule has 1 saturated carbocycles. The highest BCUT2D eigenvalue weighted by atomic mass is 32.2. The van der Waals surface area contributed by atoms with Gasteiger partial charge in [-0.15, -0.1) is 0 Å². The van der Waals surface area contributed by atoms with Gasteiger partial charge >= 0.3 is 6.09 Å². The van der Waals surface area contributed by atoms with E-state index in [1.807, 2.05) is 0 Å². The predicted molar refractivity (Wildman–Crippen MR) is 157 cm³/mol. The zero-order chi connectivity index (χ0) is 40.4.